The molecule has 1 aromatic carbocycles. The van der Waals surface area contributed by atoms with Crippen LogP contribution >= 0.6 is 0 Å². The normalized spacial score (nSPS) is 28.8. The molecule has 2 N–H and O–H groups in total. The van der Waals surface area contributed by atoms with Gasteiger partial charge in [0.05, 0.1) is 28.6 Å². The third-order valence-electron chi connectivity index (χ3n) is 6.10. The molecule has 10 nitrogen and oxygen atoms in total. The number of aromatic nitrogens is 7. The Hall–Kier alpha value is -4.25. The lowest BCUT2D eigenvalue weighted by molar-refractivity contribution is -0.589. The molecule has 188 valence electrons. The maximum atomic E-state index is 13.5. The first-order chi connectivity index (χ1) is 22.1. The quantitative estimate of drug-likeness (QED) is 0.388. The number of aryl methyl sites for hydroxylation is 1. The van der Waals surface area contributed by atoms with Crippen molar-refractivity contribution in [2.45, 2.75) is 18.4 Å². The third-order valence-corrected chi connectivity index (χ3v) is 6.10. The Labute approximate surface area is 228 Å². The van der Waals surface area contributed by atoms with E-state index in [4.69, 9.17) is 20.8 Å². The highest BCUT2D eigenvalue weighted by atomic mass is 19.1. The number of benzene rings is 1. The Kier molecular flexibility index (Phi) is 3.38. The van der Waals surface area contributed by atoms with Crippen LogP contribution in [0, 0.1) is 12.0 Å². The summed E-state index contributed by atoms with van der Waals surface area (Å²) in [6, 6.07) is 5.37. The average Bonchev–Trinajstić information content (AvgIpc) is 3.65. The first-order valence-corrected chi connectivity index (χ1v) is 11.1. The van der Waals surface area contributed by atoms with Gasteiger partial charge in [0.1, 0.15) is 5.82 Å². The van der Waals surface area contributed by atoms with Gasteiger partial charge in [-0.2, -0.15) is 5.10 Å². The topological polar surface area (TPSA) is 108 Å². The molecule has 37 heavy (non-hydrogen) atoms. The Balaban J connectivity index is 1.41. The average molecular weight is 511 g/mol. The van der Waals surface area contributed by atoms with E-state index in [-0.39, 0.29) is 15.8 Å². The van der Waals surface area contributed by atoms with Crippen molar-refractivity contribution in [1.82, 2.24) is 29.8 Å². The summed E-state index contributed by atoms with van der Waals surface area (Å²) in [6.07, 6.45) is 8.94. The van der Waals surface area contributed by atoms with E-state index in [2.05, 4.69) is 25.1 Å². The molecule has 4 aromatic rings. The van der Waals surface area contributed by atoms with Crippen molar-refractivity contribution < 1.29 is 23.8 Å². The van der Waals surface area contributed by atoms with Crippen molar-refractivity contribution in [3.05, 3.63) is 89.5 Å². The molecule has 0 aliphatic carbocycles. The maximum absolute atomic E-state index is 13.5. The largest absolute Gasteiger partial charge is 0.347 e. The maximum Gasteiger partial charge on any atom is 0.277 e. The monoisotopic (exact) mass is 510 g/mol. The second-order valence-corrected chi connectivity index (χ2v) is 8.57. The van der Waals surface area contributed by atoms with Gasteiger partial charge in [-0.1, -0.05) is 16.5 Å². The van der Waals surface area contributed by atoms with Crippen molar-refractivity contribution in [3.63, 3.8) is 0 Å². The van der Waals surface area contributed by atoms with Gasteiger partial charge < -0.3 is 15.5 Å². The highest BCUT2D eigenvalue weighted by Crippen LogP contribution is 2.26. The van der Waals surface area contributed by atoms with E-state index in [0.29, 0.717) is 16.0 Å². The zero-order valence-corrected chi connectivity index (χ0v) is 19.4. The summed E-state index contributed by atoms with van der Waals surface area (Å²) in [6.45, 7) is -14.3. The molecule has 1 fully saturated rings. The lowest BCUT2D eigenvalue weighted by Crippen LogP contribution is -2.51. The van der Waals surface area contributed by atoms with Crippen molar-refractivity contribution >= 4 is 17.8 Å². The van der Waals surface area contributed by atoms with Crippen LogP contribution in [0.25, 0.3) is 6.08 Å². The number of hydrogen-bond acceptors (Lipinski definition) is 8. The van der Waals surface area contributed by atoms with Gasteiger partial charge in [-0.15, -0.1) is 0 Å². The highest BCUT2D eigenvalue weighted by molar-refractivity contribution is 5.48. The van der Waals surface area contributed by atoms with Crippen molar-refractivity contribution in [3.8, 4) is 0 Å². The predicted octanol–water partition coefficient (Wildman–Crippen LogP) is 0.563. The van der Waals surface area contributed by atoms with E-state index in [1.165, 1.54) is 65.7 Å². The molecule has 3 aromatic heterocycles. The summed E-state index contributed by atoms with van der Waals surface area (Å²) in [7, 11) is 0. The van der Waals surface area contributed by atoms with E-state index in [9.17, 15) is 4.39 Å². The van der Waals surface area contributed by atoms with E-state index >= 15 is 0 Å². The number of piperazine rings is 1. The summed E-state index contributed by atoms with van der Waals surface area (Å²) in [5.74, 6) is -2.27. The molecule has 11 heteroatoms. The molecule has 0 spiro atoms. The number of nitrogens with two attached hydrogens (primary N) is 1. The molecule has 2 atom stereocenters. The molecule has 1 saturated heterocycles. The second-order valence-electron chi connectivity index (χ2n) is 8.57. The van der Waals surface area contributed by atoms with Gasteiger partial charge in [0.15, 0.2) is 12.5 Å². The van der Waals surface area contributed by atoms with Crippen LogP contribution in [0.5, 0.6) is 0 Å². The van der Waals surface area contributed by atoms with E-state index in [1.807, 2.05) is 0 Å². The zero-order chi connectivity index (χ0) is 35.2. The Morgan fingerprint density at radius 2 is 1.78 bits per heavy atom. The van der Waals surface area contributed by atoms with Gasteiger partial charge in [0, 0.05) is 78.0 Å². The first-order valence-electron chi connectivity index (χ1n) is 16.6. The van der Waals surface area contributed by atoms with Crippen LogP contribution in [0.15, 0.2) is 55.4 Å². The van der Waals surface area contributed by atoms with Crippen LogP contribution < -0.4 is 25.2 Å². The van der Waals surface area contributed by atoms with Crippen LogP contribution in [0.3, 0.4) is 0 Å². The molecule has 0 bridgehead atoms. The Morgan fingerprint density at radius 1 is 1.05 bits per heavy atom. The minimum absolute atomic E-state index is 0.000520. The van der Waals surface area contributed by atoms with Gasteiger partial charge in [0.2, 0.25) is 11.8 Å². The van der Waals surface area contributed by atoms with E-state index in [1.54, 1.807) is 6.92 Å². The van der Waals surface area contributed by atoms with E-state index in [0.717, 1.165) is 11.0 Å². The van der Waals surface area contributed by atoms with Crippen molar-refractivity contribution in [2.24, 2.45) is 12.7 Å². The molecular weight excluding hydrogens is 471 g/mol. The number of nitrogens with zero attached hydrogens (tertiary/aromatic N) is 9. The fraction of sp³-hybridized carbons (Fsp3) is 0.308. The van der Waals surface area contributed by atoms with Crippen LogP contribution in [0.2, 0.25) is 0 Å². The summed E-state index contributed by atoms with van der Waals surface area (Å²) in [5, 5.41) is 7.96. The van der Waals surface area contributed by atoms with Gasteiger partial charge in [-0.05, 0) is 24.6 Å². The molecule has 0 radical (unpaired) electrons. The molecule has 5 heterocycles. The number of hydrogen-bond donors (Lipinski definition) is 1. The lowest BCUT2D eigenvalue weighted by atomic mass is 9.87. The summed E-state index contributed by atoms with van der Waals surface area (Å²) in [5.41, 5.74) is 6.41. The fourth-order valence-electron chi connectivity index (χ4n) is 3.99. The molecular formula is C26H28FN10+. The molecule has 2 aliphatic rings. The molecule has 0 amide bonds. The SMILES string of the molecule is [2H]C([2H])([2H])n1cc(C2C=c3c(N4C([2H])([2H])C([2H])([2H])N(c5ncc(C(C)(N)c6ccc(F)cc6)cn5)C([2H])([2H])C4([2H])[2H])ncn[n+]3=C2)cn1. The van der Waals surface area contributed by atoms with Gasteiger partial charge in [0.25, 0.3) is 5.35 Å². The van der Waals surface area contributed by atoms with Gasteiger partial charge in [-0.3, -0.25) is 4.68 Å². The standard InChI is InChI=1S/C26H28FN10/c1-26(28,20-3-5-22(27)6-4-20)21-13-29-25(30-14-21)36-9-7-35(8-10-36)24-23-11-18(16-37(23)33-17-31-24)19-12-32-34(2)15-19/h3-6,11-18H,7-10,28H2,1-2H3/q+1/i2D3,7D2,8D2,9D2,10D2. The van der Waals surface area contributed by atoms with Crippen LogP contribution in [-0.2, 0) is 12.5 Å². The van der Waals surface area contributed by atoms with Crippen molar-refractivity contribution in [2.75, 3.05) is 35.8 Å². The Bertz CT molecular complexity index is 1970. The minimum Gasteiger partial charge on any atom is -0.347 e. The number of halogens is 1. The lowest BCUT2D eigenvalue weighted by Gasteiger charge is -2.35. The van der Waals surface area contributed by atoms with Crippen LogP contribution in [0.4, 0.5) is 16.2 Å². The minimum atomic E-state index is -3.34. The molecule has 6 rings (SSSR count). The summed E-state index contributed by atoms with van der Waals surface area (Å²) in [4.78, 5) is 12.8. The highest BCUT2D eigenvalue weighted by Gasteiger charge is 2.29. The third kappa shape index (κ3) is 4.31. The Morgan fingerprint density at radius 3 is 2.49 bits per heavy atom. The molecule has 2 unspecified atom stereocenters. The predicted molar refractivity (Wildman–Crippen MR) is 135 cm³/mol. The zero-order valence-electron chi connectivity index (χ0n) is 30.4. The van der Waals surface area contributed by atoms with E-state index < -0.39 is 62.0 Å². The fourth-order valence-corrected chi connectivity index (χ4v) is 3.99. The smallest absolute Gasteiger partial charge is 0.277 e. The van der Waals surface area contributed by atoms with Gasteiger partial charge >= 0.3 is 0 Å². The summed E-state index contributed by atoms with van der Waals surface area (Å²) >= 11 is 0. The van der Waals surface area contributed by atoms with Crippen LogP contribution in [0.1, 0.15) is 44.6 Å². The number of rotatable bonds is 5. The second kappa shape index (κ2) is 9.00. The molecule has 0 saturated carbocycles. The van der Waals surface area contributed by atoms with Crippen LogP contribution in [-0.4, -0.2) is 55.8 Å². The first kappa shape index (κ1) is 13.9. The molecule has 2 aliphatic heterocycles. The van der Waals surface area contributed by atoms with Crippen molar-refractivity contribution in [1.29, 1.82) is 0 Å². The summed E-state index contributed by atoms with van der Waals surface area (Å²) < 4.78 is 110. The van der Waals surface area contributed by atoms with Gasteiger partial charge in [-0.25, -0.2) is 19.3 Å². The number of anilines is 2. The number of fused-ring (bicyclic) bond motifs is 1.